The molecule has 1 aromatic carbocycles. The van der Waals surface area contributed by atoms with E-state index in [1.54, 1.807) is 13.0 Å². The van der Waals surface area contributed by atoms with Crippen molar-refractivity contribution in [3.8, 4) is 5.75 Å². The fourth-order valence-corrected chi connectivity index (χ4v) is 1.41. The first kappa shape index (κ1) is 13.5. The lowest BCUT2D eigenvalue weighted by Gasteiger charge is -2.05. The summed E-state index contributed by atoms with van der Waals surface area (Å²) < 4.78 is 10.0. The van der Waals surface area contributed by atoms with Crippen LogP contribution >= 0.6 is 0 Å². The number of hydrogen-bond donors (Lipinski definition) is 1. The third kappa shape index (κ3) is 3.55. The fraction of sp³-hybridized carbons (Fsp3) is 0.167. The summed E-state index contributed by atoms with van der Waals surface area (Å²) in [6, 6.07) is 7.01. The van der Waals surface area contributed by atoms with Crippen molar-refractivity contribution in [2.24, 2.45) is 0 Å². The highest BCUT2D eigenvalue weighted by Gasteiger charge is 2.08. The van der Waals surface area contributed by atoms with Gasteiger partial charge in [-0.3, -0.25) is 20.2 Å². The molecule has 0 bridgehead atoms. The van der Waals surface area contributed by atoms with Crippen LogP contribution in [0.2, 0.25) is 0 Å². The van der Waals surface area contributed by atoms with Gasteiger partial charge in [0.25, 0.3) is 11.6 Å². The number of aromatic nitrogens is 1. The molecular formula is C12H11N3O5. The molecule has 8 nitrogen and oxygen atoms in total. The van der Waals surface area contributed by atoms with E-state index in [0.29, 0.717) is 11.4 Å². The van der Waals surface area contributed by atoms with Crippen LogP contribution in [0.5, 0.6) is 5.75 Å². The zero-order valence-corrected chi connectivity index (χ0v) is 10.5. The number of non-ortho nitro benzene ring substituents is 1. The molecule has 0 atom stereocenters. The van der Waals surface area contributed by atoms with E-state index in [4.69, 9.17) is 9.26 Å². The molecule has 0 aliphatic heterocycles. The van der Waals surface area contributed by atoms with Crippen molar-refractivity contribution in [2.45, 2.75) is 6.92 Å². The van der Waals surface area contributed by atoms with E-state index in [0.717, 1.165) is 0 Å². The molecule has 0 radical (unpaired) electrons. The van der Waals surface area contributed by atoms with Gasteiger partial charge in [0.2, 0.25) is 5.88 Å². The standard InChI is InChI=1S/C12H11N3O5/c1-8-6-12(20-14-8)13-11(16)7-19-10-4-2-9(3-5-10)15(17)18/h2-6H,7H2,1H3,(H,13,16). The Balaban J connectivity index is 1.85. The van der Waals surface area contributed by atoms with Gasteiger partial charge in [0, 0.05) is 18.2 Å². The van der Waals surface area contributed by atoms with Gasteiger partial charge >= 0.3 is 0 Å². The van der Waals surface area contributed by atoms with Crippen LogP contribution in [-0.2, 0) is 4.79 Å². The van der Waals surface area contributed by atoms with Gasteiger partial charge in [-0.1, -0.05) is 5.16 Å². The van der Waals surface area contributed by atoms with Crippen LogP contribution in [-0.4, -0.2) is 22.6 Å². The Bertz CT molecular complexity index is 620. The molecule has 1 amide bonds. The number of aryl methyl sites for hydroxylation is 1. The summed E-state index contributed by atoms with van der Waals surface area (Å²) in [5, 5.41) is 16.5. The van der Waals surface area contributed by atoms with Gasteiger partial charge in [0.15, 0.2) is 6.61 Å². The van der Waals surface area contributed by atoms with Gasteiger partial charge in [0.1, 0.15) is 5.75 Å². The van der Waals surface area contributed by atoms with Crippen molar-refractivity contribution < 1.29 is 19.0 Å². The first-order chi connectivity index (χ1) is 9.54. The summed E-state index contributed by atoms with van der Waals surface area (Å²) in [4.78, 5) is 21.5. The summed E-state index contributed by atoms with van der Waals surface area (Å²) in [5.41, 5.74) is 0.607. The summed E-state index contributed by atoms with van der Waals surface area (Å²) in [6.45, 7) is 1.49. The molecule has 2 rings (SSSR count). The average molecular weight is 277 g/mol. The molecule has 0 fully saturated rings. The van der Waals surface area contributed by atoms with Crippen LogP contribution < -0.4 is 10.1 Å². The van der Waals surface area contributed by atoms with E-state index >= 15 is 0 Å². The molecule has 0 aliphatic carbocycles. The Morgan fingerprint density at radius 3 is 2.70 bits per heavy atom. The molecule has 104 valence electrons. The number of hydrogen-bond acceptors (Lipinski definition) is 6. The molecule has 20 heavy (non-hydrogen) atoms. The molecule has 0 saturated carbocycles. The Morgan fingerprint density at radius 1 is 1.45 bits per heavy atom. The molecule has 0 saturated heterocycles. The largest absolute Gasteiger partial charge is 0.484 e. The second-order valence-electron chi connectivity index (χ2n) is 3.92. The molecule has 1 heterocycles. The highest BCUT2D eigenvalue weighted by Crippen LogP contribution is 2.17. The van der Waals surface area contributed by atoms with Gasteiger partial charge in [0.05, 0.1) is 10.6 Å². The fourth-order valence-electron chi connectivity index (χ4n) is 1.41. The highest BCUT2D eigenvalue weighted by molar-refractivity contribution is 5.90. The van der Waals surface area contributed by atoms with Crippen LogP contribution in [0.25, 0.3) is 0 Å². The second kappa shape index (κ2) is 5.83. The molecular weight excluding hydrogens is 266 g/mol. The third-order valence-corrected chi connectivity index (χ3v) is 2.31. The number of amides is 1. The van der Waals surface area contributed by atoms with E-state index in [9.17, 15) is 14.9 Å². The molecule has 1 N–H and O–H groups in total. The number of nitrogens with one attached hydrogen (secondary N) is 1. The normalized spacial score (nSPS) is 10.1. The number of ether oxygens (including phenoxy) is 1. The smallest absolute Gasteiger partial charge is 0.269 e. The first-order valence-electron chi connectivity index (χ1n) is 5.65. The summed E-state index contributed by atoms with van der Waals surface area (Å²) in [6.07, 6.45) is 0. The molecule has 0 aliphatic rings. The molecule has 0 spiro atoms. The number of anilines is 1. The number of carbonyl (C=O) groups is 1. The highest BCUT2D eigenvalue weighted by atomic mass is 16.6. The van der Waals surface area contributed by atoms with Crippen molar-refractivity contribution in [3.05, 3.63) is 46.1 Å². The summed E-state index contributed by atoms with van der Waals surface area (Å²) in [7, 11) is 0. The maximum absolute atomic E-state index is 11.5. The number of nitrogens with zero attached hydrogens (tertiary/aromatic N) is 2. The monoisotopic (exact) mass is 277 g/mol. The van der Waals surface area contributed by atoms with Crippen molar-refractivity contribution in [3.63, 3.8) is 0 Å². The molecule has 1 aromatic heterocycles. The Hall–Kier alpha value is -2.90. The van der Waals surface area contributed by atoms with Crippen molar-refractivity contribution >= 4 is 17.5 Å². The maximum atomic E-state index is 11.5. The predicted molar refractivity (Wildman–Crippen MR) is 68.5 cm³/mol. The topological polar surface area (TPSA) is 108 Å². The average Bonchev–Trinajstić information content (AvgIpc) is 2.82. The Kier molecular flexibility index (Phi) is 3.94. The first-order valence-corrected chi connectivity index (χ1v) is 5.65. The lowest BCUT2D eigenvalue weighted by atomic mass is 10.3. The number of carbonyl (C=O) groups excluding carboxylic acids is 1. The minimum Gasteiger partial charge on any atom is -0.484 e. The van der Waals surface area contributed by atoms with Crippen molar-refractivity contribution in [1.29, 1.82) is 0 Å². The quantitative estimate of drug-likeness (QED) is 0.660. The lowest BCUT2D eigenvalue weighted by Crippen LogP contribution is -2.19. The molecule has 0 unspecified atom stereocenters. The van der Waals surface area contributed by atoms with Gasteiger partial charge in [-0.2, -0.15) is 0 Å². The van der Waals surface area contributed by atoms with Crippen molar-refractivity contribution in [1.82, 2.24) is 5.16 Å². The van der Waals surface area contributed by atoms with E-state index < -0.39 is 10.8 Å². The lowest BCUT2D eigenvalue weighted by molar-refractivity contribution is -0.384. The van der Waals surface area contributed by atoms with Gasteiger partial charge in [-0.25, -0.2) is 0 Å². The minimum atomic E-state index is -0.511. The second-order valence-corrected chi connectivity index (χ2v) is 3.92. The number of nitro benzene ring substituents is 1. The number of benzene rings is 1. The summed E-state index contributed by atoms with van der Waals surface area (Å²) in [5.74, 6) is 0.179. The Labute approximate surface area is 113 Å². The third-order valence-electron chi connectivity index (χ3n) is 2.31. The van der Waals surface area contributed by atoms with Crippen molar-refractivity contribution in [2.75, 3.05) is 11.9 Å². The Morgan fingerprint density at radius 2 is 2.15 bits per heavy atom. The maximum Gasteiger partial charge on any atom is 0.269 e. The number of rotatable bonds is 5. The zero-order valence-electron chi connectivity index (χ0n) is 10.5. The number of nitro groups is 1. The van der Waals surface area contributed by atoms with E-state index in [1.807, 2.05) is 0 Å². The van der Waals surface area contributed by atoms with Crippen LogP contribution in [0.15, 0.2) is 34.9 Å². The van der Waals surface area contributed by atoms with Gasteiger partial charge < -0.3 is 9.26 Å². The zero-order chi connectivity index (χ0) is 14.5. The van der Waals surface area contributed by atoms with Gasteiger partial charge in [-0.15, -0.1) is 0 Å². The molecule has 2 aromatic rings. The minimum absolute atomic E-state index is 0.0427. The van der Waals surface area contributed by atoms with Crippen LogP contribution in [0.4, 0.5) is 11.6 Å². The van der Waals surface area contributed by atoms with E-state index in [1.165, 1.54) is 24.3 Å². The van der Waals surface area contributed by atoms with E-state index in [2.05, 4.69) is 10.5 Å². The summed E-state index contributed by atoms with van der Waals surface area (Å²) >= 11 is 0. The van der Waals surface area contributed by atoms with Crippen LogP contribution in [0, 0.1) is 17.0 Å². The predicted octanol–water partition coefficient (Wildman–Crippen LogP) is 1.91. The van der Waals surface area contributed by atoms with E-state index in [-0.39, 0.29) is 18.2 Å². The molecule has 8 heteroatoms. The van der Waals surface area contributed by atoms with Crippen LogP contribution in [0.1, 0.15) is 5.69 Å². The van der Waals surface area contributed by atoms with Crippen LogP contribution in [0.3, 0.4) is 0 Å². The SMILES string of the molecule is Cc1cc(NC(=O)COc2ccc([N+](=O)[O-])cc2)on1. The van der Waals surface area contributed by atoms with Gasteiger partial charge in [-0.05, 0) is 19.1 Å².